The third-order valence-corrected chi connectivity index (χ3v) is 1.77. The molecule has 0 aromatic carbocycles. The van der Waals surface area contributed by atoms with Crippen molar-refractivity contribution >= 4 is 11.8 Å². The highest BCUT2D eigenvalue weighted by molar-refractivity contribution is 7.99. The number of nitrogens with zero attached hydrogens (tertiary/aromatic N) is 2. The first-order valence-electron chi connectivity index (χ1n) is 3.41. The first-order valence-corrected chi connectivity index (χ1v) is 4.40. The quantitative estimate of drug-likeness (QED) is 0.550. The summed E-state index contributed by atoms with van der Waals surface area (Å²) in [6, 6.07) is 0. The van der Waals surface area contributed by atoms with Gasteiger partial charge in [-0.25, -0.2) is 0 Å². The molecule has 0 fully saturated rings. The first kappa shape index (κ1) is 9.10. The highest BCUT2D eigenvalue weighted by Gasteiger charge is 2.02. The molecular formula is C7H9N3OS. The third kappa shape index (κ3) is 2.57. The maximum Gasteiger partial charge on any atom is 0.277 e. The van der Waals surface area contributed by atoms with E-state index in [0.717, 1.165) is 0 Å². The molecule has 4 nitrogen and oxygen atoms in total. The Morgan fingerprint density at radius 2 is 2.42 bits per heavy atom. The molecule has 0 aliphatic heterocycles. The van der Waals surface area contributed by atoms with Crippen LogP contribution in [0.4, 0.5) is 0 Å². The highest BCUT2D eigenvalue weighted by Crippen LogP contribution is 2.14. The minimum Gasteiger partial charge on any atom is -0.415 e. The maximum absolute atomic E-state index is 5.28. The van der Waals surface area contributed by atoms with Gasteiger partial charge in [-0.15, -0.1) is 16.1 Å². The Labute approximate surface area is 74.9 Å². The lowest BCUT2D eigenvalue weighted by molar-refractivity contribution is 0.415. The minimum atomic E-state index is 0.285. The molecule has 64 valence electrons. The summed E-state index contributed by atoms with van der Waals surface area (Å²) in [4.78, 5) is 0. The van der Waals surface area contributed by atoms with Crippen LogP contribution in [0.5, 0.6) is 0 Å². The van der Waals surface area contributed by atoms with Crippen molar-refractivity contribution in [2.24, 2.45) is 5.73 Å². The van der Waals surface area contributed by atoms with E-state index in [0.29, 0.717) is 16.9 Å². The van der Waals surface area contributed by atoms with Crippen LogP contribution in [-0.4, -0.2) is 16.0 Å². The van der Waals surface area contributed by atoms with Crippen molar-refractivity contribution in [1.82, 2.24) is 10.2 Å². The molecule has 0 bridgehead atoms. The molecule has 0 radical (unpaired) electrons. The van der Waals surface area contributed by atoms with Gasteiger partial charge < -0.3 is 10.2 Å². The number of thioether (sulfide) groups is 1. The zero-order valence-corrected chi connectivity index (χ0v) is 7.52. The molecule has 12 heavy (non-hydrogen) atoms. The predicted molar refractivity (Wildman–Crippen MR) is 46.4 cm³/mol. The van der Waals surface area contributed by atoms with Crippen molar-refractivity contribution in [3.05, 3.63) is 5.89 Å². The van der Waals surface area contributed by atoms with Crippen LogP contribution in [0.15, 0.2) is 9.64 Å². The fraction of sp³-hybridized carbons (Fsp3) is 0.429. The monoisotopic (exact) mass is 183 g/mol. The molecule has 0 amide bonds. The Bertz CT molecular complexity index is 299. The van der Waals surface area contributed by atoms with Gasteiger partial charge in [0, 0.05) is 0 Å². The van der Waals surface area contributed by atoms with Gasteiger partial charge in [0.2, 0.25) is 5.89 Å². The number of hydrogen-bond acceptors (Lipinski definition) is 5. The Balaban J connectivity index is 2.45. The predicted octanol–water partition coefficient (Wildman–Crippen LogP) is 0.644. The van der Waals surface area contributed by atoms with E-state index in [2.05, 4.69) is 22.0 Å². The summed E-state index contributed by atoms with van der Waals surface area (Å²) in [5.74, 6) is 6.78. The second-order valence-corrected chi connectivity index (χ2v) is 2.81. The number of nitrogens with two attached hydrogens (primary N) is 1. The van der Waals surface area contributed by atoms with E-state index in [1.54, 1.807) is 6.92 Å². The fourth-order valence-electron chi connectivity index (χ4n) is 0.549. The molecule has 5 heteroatoms. The van der Waals surface area contributed by atoms with Crippen LogP contribution < -0.4 is 5.73 Å². The summed E-state index contributed by atoms with van der Waals surface area (Å²) in [5, 5.41) is 7.99. The largest absolute Gasteiger partial charge is 0.415 e. The molecule has 1 rings (SSSR count). The Morgan fingerprint density at radius 3 is 3.00 bits per heavy atom. The molecule has 1 aromatic rings. The second-order valence-electron chi connectivity index (χ2n) is 1.88. The molecule has 0 saturated heterocycles. The van der Waals surface area contributed by atoms with Gasteiger partial charge in [0.05, 0.1) is 12.3 Å². The van der Waals surface area contributed by atoms with Crippen LogP contribution in [0, 0.1) is 11.8 Å². The van der Waals surface area contributed by atoms with Crippen molar-refractivity contribution in [1.29, 1.82) is 0 Å². The van der Waals surface area contributed by atoms with Gasteiger partial charge in [-0.05, 0) is 6.92 Å². The van der Waals surface area contributed by atoms with Crippen molar-refractivity contribution < 1.29 is 4.42 Å². The minimum absolute atomic E-state index is 0.285. The highest BCUT2D eigenvalue weighted by atomic mass is 32.2. The van der Waals surface area contributed by atoms with Crippen LogP contribution in [0.1, 0.15) is 12.8 Å². The van der Waals surface area contributed by atoms with Gasteiger partial charge >= 0.3 is 0 Å². The fourth-order valence-corrected chi connectivity index (χ4v) is 1.14. The molecular weight excluding hydrogens is 174 g/mol. The van der Waals surface area contributed by atoms with Crippen LogP contribution in [-0.2, 0) is 6.54 Å². The summed E-state index contributed by atoms with van der Waals surface area (Å²) < 4.78 is 5.13. The summed E-state index contributed by atoms with van der Waals surface area (Å²) in [6.07, 6.45) is 0. The lowest BCUT2D eigenvalue weighted by Crippen LogP contribution is -1.95. The van der Waals surface area contributed by atoms with E-state index >= 15 is 0 Å². The Kier molecular flexibility index (Phi) is 3.64. The molecule has 2 N–H and O–H groups in total. The topological polar surface area (TPSA) is 64.9 Å². The molecule has 0 unspecified atom stereocenters. The van der Waals surface area contributed by atoms with E-state index in [1.807, 2.05) is 0 Å². The van der Waals surface area contributed by atoms with Crippen molar-refractivity contribution in [3.63, 3.8) is 0 Å². The van der Waals surface area contributed by atoms with E-state index in [-0.39, 0.29) is 6.54 Å². The second kappa shape index (κ2) is 4.80. The summed E-state index contributed by atoms with van der Waals surface area (Å²) in [5.41, 5.74) is 5.28. The van der Waals surface area contributed by atoms with Crippen LogP contribution in [0.25, 0.3) is 0 Å². The van der Waals surface area contributed by atoms with Gasteiger partial charge in [-0.2, -0.15) is 0 Å². The van der Waals surface area contributed by atoms with Crippen LogP contribution >= 0.6 is 11.8 Å². The lowest BCUT2D eigenvalue weighted by Gasteiger charge is -1.85. The molecule has 1 heterocycles. The zero-order chi connectivity index (χ0) is 8.81. The van der Waals surface area contributed by atoms with Gasteiger partial charge in [0.25, 0.3) is 5.22 Å². The van der Waals surface area contributed by atoms with Gasteiger partial charge in [-0.1, -0.05) is 17.7 Å². The van der Waals surface area contributed by atoms with Crippen molar-refractivity contribution in [3.8, 4) is 11.8 Å². The van der Waals surface area contributed by atoms with Crippen molar-refractivity contribution in [2.45, 2.75) is 18.7 Å². The zero-order valence-electron chi connectivity index (χ0n) is 6.70. The molecule has 1 aromatic heterocycles. The molecule has 0 spiro atoms. The van der Waals surface area contributed by atoms with Gasteiger partial charge in [0.15, 0.2) is 0 Å². The number of rotatable bonds is 3. The molecule has 0 saturated carbocycles. The third-order valence-electron chi connectivity index (χ3n) is 1.07. The Hall–Kier alpha value is -0.990. The van der Waals surface area contributed by atoms with Crippen LogP contribution in [0.2, 0.25) is 0 Å². The molecule has 0 atom stereocenters. The lowest BCUT2D eigenvalue weighted by atomic mass is 10.7. The van der Waals surface area contributed by atoms with Gasteiger partial charge in [0.1, 0.15) is 0 Å². The summed E-state index contributed by atoms with van der Waals surface area (Å²) in [7, 11) is 0. The number of aromatic nitrogens is 2. The standard InChI is InChI=1S/C7H9N3OS/c1-2-3-4-12-7-10-9-6(5-8)11-7/h4-5,8H2,1H3. The normalized spacial score (nSPS) is 9.17. The maximum atomic E-state index is 5.28. The van der Waals surface area contributed by atoms with E-state index < -0.39 is 0 Å². The molecule has 0 aliphatic rings. The van der Waals surface area contributed by atoms with E-state index in [9.17, 15) is 0 Å². The SMILES string of the molecule is CC#CCSc1nnc(CN)o1. The van der Waals surface area contributed by atoms with Crippen LogP contribution in [0.3, 0.4) is 0 Å². The summed E-state index contributed by atoms with van der Waals surface area (Å²) >= 11 is 1.41. The summed E-state index contributed by atoms with van der Waals surface area (Å²) in [6.45, 7) is 2.08. The number of hydrogen-bond donors (Lipinski definition) is 1. The smallest absolute Gasteiger partial charge is 0.277 e. The molecule has 0 aliphatic carbocycles. The van der Waals surface area contributed by atoms with Gasteiger partial charge in [-0.3, -0.25) is 0 Å². The van der Waals surface area contributed by atoms with E-state index in [1.165, 1.54) is 11.8 Å². The van der Waals surface area contributed by atoms with E-state index in [4.69, 9.17) is 10.2 Å². The van der Waals surface area contributed by atoms with Crippen molar-refractivity contribution in [2.75, 3.05) is 5.75 Å². The first-order chi connectivity index (χ1) is 5.86. The average Bonchev–Trinajstić information content (AvgIpc) is 2.53. The average molecular weight is 183 g/mol. The Morgan fingerprint density at radius 1 is 1.58 bits per heavy atom.